The fourth-order valence-corrected chi connectivity index (χ4v) is 2.81. The van der Waals surface area contributed by atoms with Crippen molar-refractivity contribution in [1.29, 1.82) is 0 Å². The van der Waals surface area contributed by atoms with E-state index in [-0.39, 0.29) is 12.8 Å². The summed E-state index contributed by atoms with van der Waals surface area (Å²) in [5, 5.41) is 5.18. The van der Waals surface area contributed by atoms with Gasteiger partial charge in [-0.05, 0) is 23.3 Å². The van der Waals surface area contributed by atoms with Gasteiger partial charge >= 0.3 is 5.97 Å². The van der Waals surface area contributed by atoms with Crippen LogP contribution in [0.2, 0.25) is 0 Å². The summed E-state index contributed by atoms with van der Waals surface area (Å²) in [5.74, 6) is -1.60. The van der Waals surface area contributed by atoms with Crippen LogP contribution in [0.1, 0.15) is 18.1 Å². The number of carbonyl (C=O) groups is 3. The Hall–Kier alpha value is -3.49. The third-order valence-electron chi connectivity index (χ3n) is 4.30. The molecule has 0 aliphatic heterocycles. The Kier molecular flexibility index (Phi) is 8.28. The van der Waals surface area contributed by atoms with Crippen molar-refractivity contribution in [3.8, 4) is 5.88 Å². The van der Waals surface area contributed by atoms with Gasteiger partial charge < -0.3 is 20.1 Å². The third-order valence-corrected chi connectivity index (χ3v) is 4.30. The summed E-state index contributed by atoms with van der Waals surface area (Å²) in [6, 6.07) is 7.02. The lowest BCUT2D eigenvalue weighted by molar-refractivity contribution is -0.145. The van der Waals surface area contributed by atoms with Crippen LogP contribution in [-0.2, 0) is 32.0 Å². The molecule has 1 heterocycles. The Morgan fingerprint density at radius 1 is 0.967 bits per heavy atom. The van der Waals surface area contributed by atoms with Gasteiger partial charge in [-0.1, -0.05) is 18.2 Å². The number of pyridine rings is 1. The van der Waals surface area contributed by atoms with Gasteiger partial charge in [-0.3, -0.25) is 9.59 Å². The van der Waals surface area contributed by atoms with E-state index in [9.17, 15) is 18.8 Å². The number of ether oxygens (including phenoxy) is 2. The number of hydrogen-bond donors (Lipinski definition) is 2. The average Bonchev–Trinajstić information content (AvgIpc) is 2.73. The number of aromatic nitrogens is 1. The van der Waals surface area contributed by atoms with E-state index in [4.69, 9.17) is 9.47 Å². The van der Waals surface area contributed by atoms with Crippen LogP contribution in [-0.4, -0.2) is 49.1 Å². The van der Waals surface area contributed by atoms with E-state index in [1.165, 1.54) is 51.6 Å². The Morgan fingerprint density at radius 3 is 2.13 bits per heavy atom. The Morgan fingerprint density at radius 2 is 1.60 bits per heavy atom. The predicted molar refractivity (Wildman–Crippen MR) is 106 cm³/mol. The minimum atomic E-state index is -0.984. The maximum atomic E-state index is 13.1. The van der Waals surface area contributed by atoms with Gasteiger partial charge in [0.2, 0.25) is 17.7 Å². The second kappa shape index (κ2) is 10.9. The van der Waals surface area contributed by atoms with Crippen LogP contribution < -0.4 is 15.4 Å². The normalized spacial score (nSPS) is 12.4. The second-order valence-corrected chi connectivity index (χ2v) is 6.58. The van der Waals surface area contributed by atoms with Gasteiger partial charge in [0.25, 0.3) is 0 Å². The number of hydrogen-bond acceptors (Lipinski definition) is 6. The Bertz CT molecular complexity index is 871. The number of halogens is 1. The van der Waals surface area contributed by atoms with Crippen molar-refractivity contribution in [2.24, 2.45) is 0 Å². The summed E-state index contributed by atoms with van der Waals surface area (Å²) in [6.07, 6.45) is 1.80. The number of rotatable bonds is 9. The fourth-order valence-electron chi connectivity index (χ4n) is 2.81. The van der Waals surface area contributed by atoms with Crippen LogP contribution in [0.3, 0.4) is 0 Å². The number of carbonyl (C=O) groups excluding carboxylic acids is 3. The maximum absolute atomic E-state index is 13.1. The van der Waals surface area contributed by atoms with Crippen molar-refractivity contribution in [2.45, 2.75) is 31.8 Å². The van der Waals surface area contributed by atoms with Gasteiger partial charge in [-0.2, -0.15) is 0 Å². The van der Waals surface area contributed by atoms with Gasteiger partial charge in [0.05, 0.1) is 14.2 Å². The zero-order valence-electron chi connectivity index (χ0n) is 17.0. The third kappa shape index (κ3) is 6.84. The molecular weight excluding hydrogens is 393 g/mol. The number of esters is 1. The summed E-state index contributed by atoms with van der Waals surface area (Å²) < 4.78 is 22.9. The summed E-state index contributed by atoms with van der Waals surface area (Å²) in [7, 11) is 2.71. The first-order valence-electron chi connectivity index (χ1n) is 9.21. The van der Waals surface area contributed by atoms with Crippen LogP contribution in [0.25, 0.3) is 0 Å². The Labute approximate surface area is 173 Å². The molecule has 2 rings (SSSR count). The first-order chi connectivity index (χ1) is 14.3. The van der Waals surface area contributed by atoms with Gasteiger partial charge in [-0.25, -0.2) is 14.2 Å². The molecule has 160 valence electrons. The van der Waals surface area contributed by atoms with E-state index >= 15 is 0 Å². The molecule has 1 aromatic carbocycles. The molecule has 0 aliphatic rings. The lowest BCUT2D eigenvalue weighted by Gasteiger charge is -2.22. The molecule has 2 N–H and O–H groups in total. The monoisotopic (exact) mass is 417 g/mol. The molecule has 0 fully saturated rings. The largest absolute Gasteiger partial charge is 0.481 e. The number of amides is 2. The lowest BCUT2D eigenvalue weighted by Crippen LogP contribution is -2.53. The predicted octanol–water partition coefficient (Wildman–Crippen LogP) is 1.18. The summed E-state index contributed by atoms with van der Waals surface area (Å²) in [4.78, 5) is 40.7. The first kappa shape index (κ1) is 22.8. The van der Waals surface area contributed by atoms with Crippen molar-refractivity contribution in [1.82, 2.24) is 15.6 Å². The van der Waals surface area contributed by atoms with E-state index < -0.39 is 35.7 Å². The number of benzene rings is 1. The highest BCUT2D eigenvalue weighted by Crippen LogP contribution is 2.11. The molecule has 0 bridgehead atoms. The molecule has 30 heavy (non-hydrogen) atoms. The molecule has 2 atom stereocenters. The van der Waals surface area contributed by atoms with E-state index in [2.05, 4.69) is 15.6 Å². The molecule has 0 saturated heterocycles. The molecule has 0 radical (unpaired) electrons. The molecule has 0 saturated carbocycles. The van der Waals surface area contributed by atoms with E-state index in [0.717, 1.165) is 0 Å². The second-order valence-electron chi connectivity index (χ2n) is 6.58. The van der Waals surface area contributed by atoms with Crippen molar-refractivity contribution in [3.63, 3.8) is 0 Å². The molecule has 9 heteroatoms. The lowest BCUT2D eigenvalue weighted by atomic mass is 10.0. The molecule has 1 aromatic heterocycles. The number of nitrogens with one attached hydrogen (secondary N) is 2. The quantitative estimate of drug-likeness (QED) is 0.594. The Balaban J connectivity index is 2.14. The van der Waals surface area contributed by atoms with Gasteiger partial charge in [0.15, 0.2) is 0 Å². The minimum Gasteiger partial charge on any atom is -0.481 e. The van der Waals surface area contributed by atoms with Crippen LogP contribution >= 0.6 is 0 Å². The van der Waals surface area contributed by atoms with E-state index in [0.29, 0.717) is 17.0 Å². The topological polar surface area (TPSA) is 107 Å². The smallest absolute Gasteiger partial charge is 0.328 e. The average molecular weight is 417 g/mol. The van der Waals surface area contributed by atoms with Crippen LogP contribution in [0.4, 0.5) is 4.39 Å². The summed E-state index contributed by atoms with van der Waals surface area (Å²) in [6.45, 7) is 1.28. The molecule has 2 amide bonds. The zero-order valence-corrected chi connectivity index (χ0v) is 17.0. The van der Waals surface area contributed by atoms with E-state index in [1.54, 1.807) is 12.1 Å². The molecule has 0 spiro atoms. The SMILES string of the molecule is COC(=O)[C@H](Cc1ccc(OC)nc1)NC(=O)[C@@H](Cc1ccc(F)cc1)NC(C)=O. The number of methoxy groups -OCH3 is 2. The molecular formula is C21H24FN3O5. The first-order valence-corrected chi connectivity index (χ1v) is 9.21. The van der Waals surface area contributed by atoms with Gasteiger partial charge in [0.1, 0.15) is 17.9 Å². The van der Waals surface area contributed by atoms with Crippen molar-refractivity contribution in [3.05, 3.63) is 59.5 Å². The van der Waals surface area contributed by atoms with E-state index in [1.807, 2.05) is 0 Å². The van der Waals surface area contributed by atoms with Crippen LogP contribution in [0, 0.1) is 5.82 Å². The highest BCUT2D eigenvalue weighted by atomic mass is 19.1. The van der Waals surface area contributed by atoms with Gasteiger partial charge in [-0.15, -0.1) is 0 Å². The number of nitrogens with zero attached hydrogens (tertiary/aromatic N) is 1. The molecule has 0 unspecified atom stereocenters. The molecule has 8 nitrogen and oxygen atoms in total. The summed E-state index contributed by atoms with van der Waals surface area (Å²) in [5.41, 5.74) is 1.33. The summed E-state index contributed by atoms with van der Waals surface area (Å²) >= 11 is 0. The van der Waals surface area contributed by atoms with Gasteiger partial charge in [0, 0.05) is 32.0 Å². The molecule has 0 aliphatic carbocycles. The minimum absolute atomic E-state index is 0.129. The van der Waals surface area contributed by atoms with Crippen molar-refractivity contribution in [2.75, 3.05) is 14.2 Å². The van der Waals surface area contributed by atoms with Crippen LogP contribution in [0.15, 0.2) is 42.6 Å². The highest BCUT2D eigenvalue weighted by molar-refractivity contribution is 5.90. The highest BCUT2D eigenvalue weighted by Gasteiger charge is 2.27. The molecule has 2 aromatic rings. The van der Waals surface area contributed by atoms with Crippen molar-refractivity contribution < 1.29 is 28.2 Å². The fraction of sp³-hybridized carbons (Fsp3) is 0.333. The van der Waals surface area contributed by atoms with Crippen molar-refractivity contribution >= 4 is 17.8 Å². The standard InChI is InChI=1S/C21H24FN3O5/c1-13(26)24-17(10-14-4-7-16(22)8-5-14)20(27)25-18(21(28)30-3)11-15-6-9-19(29-2)23-12-15/h4-9,12,17-18H,10-11H2,1-3H3,(H,24,26)(H,25,27)/t17-,18+/m1/s1. The zero-order chi connectivity index (χ0) is 22.1. The maximum Gasteiger partial charge on any atom is 0.328 e. The van der Waals surface area contributed by atoms with Crippen LogP contribution in [0.5, 0.6) is 5.88 Å².